The molecule has 1 aliphatic rings. The van der Waals surface area contributed by atoms with Gasteiger partial charge in [-0.2, -0.15) is 5.26 Å². The summed E-state index contributed by atoms with van der Waals surface area (Å²) in [6.07, 6.45) is 5.98. The number of nitrogens with zero attached hydrogens (tertiary/aromatic N) is 1. The molecule has 0 aliphatic heterocycles. The molecule has 0 aromatic heterocycles. The second-order valence-electron chi connectivity index (χ2n) is 7.33. The average Bonchev–Trinajstić information content (AvgIpc) is 3.16. The van der Waals surface area contributed by atoms with Crippen molar-refractivity contribution in [3.05, 3.63) is 47.2 Å². The summed E-state index contributed by atoms with van der Waals surface area (Å²) in [6.45, 7) is 9.24. The van der Waals surface area contributed by atoms with E-state index in [-0.39, 0.29) is 5.92 Å². The Bertz CT molecular complexity index is 530. The quantitative estimate of drug-likeness (QED) is 0.652. The largest absolute Gasteiger partial charge is 0.198 e. The fourth-order valence-electron chi connectivity index (χ4n) is 2.86. The van der Waals surface area contributed by atoms with Crippen molar-refractivity contribution in [2.24, 2.45) is 11.8 Å². The third-order valence-electron chi connectivity index (χ3n) is 4.23. The molecule has 2 rings (SSSR count). The van der Waals surface area contributed by atoms with E-state index in [1.54, 1.807) is 0 Å². The maximum Gasteiger partial charge on any atom is 0.0683 e. The minimum absolute atomic E-state index is 0.180. The maximum absolute atomic E-state index is 9.34. The molecular weight excluding hydrogens is 270 g/mol. The van der Waals surface area contributed by atoms with E-state index in [1.165, 1.54) is 30.4 Å². The lowest BCUT2D eigenvalue weighted by Crippen LogP contribution is -2.15. The second kappa shape index (κ2) is 6.62. The Labute approximate surface area is 130 Å². The van der Waals surface area contributed by atoms with Gasteiger partial charge in [0.15, 0.2) is 0 Å². The number of aryl methyl sites for hydroxylation is 1. The molecule has 1 nitrogen and oxygen atoms in total. The van der Waals surface area contributed by atoms with Crippen molar-refractivity contribution in [3.63, 3.8) is 0 Å². The molecule has 0 spiro atoms. The molecule has 1 aliphatic carbocycles. The van der Waals surface area contributed by atoms with Crippen molar-refractivity contribution in [1.29, 1.82) is 5.26 Å². The standard InChI is InChI=1S/C19H27NSi/c1-5-6-7-15-8-10-16(11-9-15)19-17(18(19)14-20)12-13-21(2,3)4/h8-13,17-19H,5-7H2,1-4H3/b13-12+/t17?,18-,19-/m0/s1. The van der Waals surface area contributed by atoms with Crippen LogP contribution in [0.3, 0.4) is 0 Å². The zero-order valence-corrected chi connectivity index (χ0v) is 14.8. The number of benzene rings is 1. The summed E-state index contributed by atoms with van der Waals surface area (Å²) in [4.78, 5) is 0. The number of allylic oxidation sites excluding steroid dienone is 1. The Morgan fingerprint density at radius 1 is 1.19 bits per heavy atom. The lowest BCUT2D eigenvalue weighted by Gasteiger charge is -2.07. The van der Waals surface area contributed by atoms with Gasteiger partial charge < -0.3 is 0 Å². The molecule has 1 fully saturated rings. The summed E-state index contributed by atoms with van der Waals surface area (Å²) in [5.74, 6) is 1.03. The van der Waals surface area contributed by atoms with Crippen LogP contribution in [0.4, 0.5) is 0 Å². The van der Waals surface area contributed by atoms with Crippen LogP contribution in [0.2, 0.25) is 19.6 Å². The summed E-state index contributed by atoms with van der Waals surface area (Å²) >= 11 is 0. The lowest BCUT2D eigenvalue weighted by atomic mass is 10.0. The van der Waals surface area contributed by atoms with Gasteiger partial charge in [-0.3, -0.25) is 0 Å². The van der Waals surface area contributed by atoms with Crippen LogP contribution in [0.5, 0.6) is 0 Å². The Morgan fingerprint density at radius 3 is 2.38 bits per heavy atom. The summed E-state index contributed by atoms with van der Waals surface area (Å²) in [5, 5.41) is 9.34. The van der Waals surface area contributed by atoms with E-state index >= 15 is 0 Å². The first-order valence-corrected chi connectivity index (χ1v) is 11.7. The Balaban J connectivity index is 2.04. The summed E-state index contributed by atoms with van der Waals surface area (Å²) in [5.41, 5.74) is 5.15. The first-order valence-electron chi connectivity index (χ1n) is 8.14. The number of rotatable bonds is 6. The van der Waals surface area contributed by atoms with Crippen molar-refractivity contribution in [1.82, 2.24) is 0 Å². The van der Waals surface area contributed by atoms with Crippen LogP contribution in [0, 0.1) is 23.2 Å². The Morgan fingerprint density at radius 2 is 1.86 bits per heavy atom. The van der Waals surface area contributed by atoms with Gasteiger partial charge in [0.25, 0.3) is 0 Å². The molecule has 0 bridgehead atoms. The van der Waals surface area contributed by atoms with Crippen molar-refractivity contribution in [2.75, 3.05) is 0 Å². The summed E-state index contributed by atoms with van der Waals surface area (Å²) in [7, 11) is -1.17. The van der Waals surface area contributed by atoms with Crippen LogP contribution in [-0.4, -0.2) is 8.07 Å². The van der Waals surface area contributed by atoms with Crippen LogP contribution in [0.1, 0.15) is 36.8 Å². The molecular formula is C19H27NSi. The molecule has 0 radical (unpaired) electrons. The van der Waals surface area contributed by atoms with Crippen molar-refractivity contribution in [2.45, 2.75) is 51.7 Å². The third kappa shape index (κ3) is 4.31. The molecule has 3 atom stereocenters. The molecule has 112 valence electrons. The van der Waals surface area contributed by atoms with Gasteiger partial charge >= 0.3 is 0 Å². The van der Waals surface area contributed by atoms with Crippen molar-refractivity contribution in [3.8, 4) is 6.07 Å². The molecule has 21 heavy (non-hydrogen) atoms. The lowest BCUT2D eigenvalue weighted by molar-refractivity contribution is 0.794. The molecule has 0 N–H and O–H groups in total. The van der Waals surface area contributed by atoms with Gasteiger partial charge in [0.2, 0.25) is 0 Å². The Hall–Kier alpha value is -1.33. The van der Waals surface area contributed by atoms with Gasteiger partial charge in [-0.25, -0.2) is 0 Å². The fraction of sp³-hybridized carbons (Fsp3) is 0.526. The molecule has 1 saturated carbocycles. The highest BCUT2D eigenvalue weighted by Crippen LogP contribution is 2.54. The van der Waals surface area contributed by atoms with Crippen LogP contribution in [0.25, 0.3) is 0 Å². The van der Waals surface area contributed by atoms with Gasteiger partial charge in [0, 0.05) is 11.8 Å². The van der Waals surface area contributed by atoms with Gasteiger partial charge in [-0.1, -0.05) is 69.0 Å². The van der Waals surface area contributed by atoms with Gasteiger partial charge in [0.1, 0.15) is 0 Å². The number of hydrogen-bond acceptors (Lipinski definition) is 1. The summed E-state index contributed by atoms with van der Waals surface area (Å²) in [6, 6.07) is 11.5. The van der Waals surface area contributed by atoms with Crippen molar-refractivity contribution < 1.29 is 0 Å². The van der Waals surface area contributed by atoms with Crippen molar-refractivity contribution >= 4 is 8.07 Å². The highest BCUT2D eigenvalue weighted by Gasteiger charge is 2.49. The minimum atomic E-state index is -1.17. The van der Waals surface area contributed by atoms with E-state index in [0.29, 0.717) is 11.8 Å². The second-order valence-corrected chi connectivity index (χ2v) is 12.4. The van der Waals surface area contributed by atoms with E-state index in [4.69, 9.17) is 0 Å². The van der Waals surface area contributed by atoms with Crippen LogP contribution in [0.15, 0.2) is 36.0 Å². The predicted octanol–water partition coefficient (Wildman–Crippen LogP) is 5.32. The zero-order chi connectivity index (χ0) is 15.5. The number of unbranched alkanes of at least 4 members (excludes halogenated alkanes) is 1. The SMILES string of the molecule is CCCCc1ccc([C@H]2C(/C=C/[Si](C)(C)C)[C@@H]2C#N)cc1. The number of nitriles is 1. The topological polar surface area (TPSA) is 23.8 Å². The molecule has 0 saturated heterocycles. The maximum atomic E-state index is 9.34. The van der Waals surface area contributed by atoms with Gasteiger partial charge in [-0.15, -0.1) is 0 Å². The van der Waals surface area contributed by atoms with E-state index in [9.17, 15) is 5.26 Å². The third-order valence-corrected chi connectivity index (χ3v) is 5.42. The van der Waals surface area contributed by atoms with Crippen LogP contribution < -0.4 is 0 Å². The molecule has 0 heterocycles. The first kappa shape index (κ1) is 16.0. The number of hydrogen-bond donors (Lipinski definition) is 0. The monoisotopic (exact) mass is 297 g/mol. The molecule has 2 heteroatoms. The zero-order valence-electron chi connectivity index (χ0n) is 13.8. The minimum Gasteiger partial charge on any atom is -0.198 e. The van der Waals surface area contributed by atoms with Crippen LogP contribution >= 0.6 is 0 Å². The van der Waals surface area contributed by atoms with Gasteiger partial charge in [-0.05, 0) is 24.0 Å². The van der Waals surface area contributed by atoms with Gasteiger partial charge in [0.05, 0.1) is 20.1 Å². The normalized spacial score (nSPS) is 25.0. The molecule has 1 unspecified atom stereocenters. The van der Waals surface area contributed by atoms with Crippen LogP contribution in [-0.2, 0) is 6.42 Å². The highest BCUT2D eigenvalue weighted by molar-refractivity contribution is 6.80. The molecule has 0 amide bonds. The average molecular weight is 298 g/mol. The van der Waals surface area contributed by atoms with E-state index in [2.05, 4.69) is 68.7 Å². The summed E-state index contributed by atoms with van der Waals surface area (Å²) < 4.78 is 0. The first-order chi connectivity index (χ1) is 9.96. The van der Waals surface area contributed by atoms with E-state index in [1.807, 2.05) is 0 Å². The molecule has 1 aromatic carbocycles. The van der Waals surface area contributed by atoms with E-state index < -0.39 is 8.07 Å². The predicted molar refractivity (Wildman–Crippen MR) is 92.9 cm³/mol. The fourth-order valence-corrected chi connectivity index (χ4v) is 3.66. The highest BCUT2D eigenvalue weighted by atomic mass is 28.3. The smallest absolute Gasteiger partial charge is 0.0683 e. The Kier molecular flexibility index (Phi) is 5.06. The van der Waals surface area contributed by atoms with E-state index in [0.717, 1.165) is 0 Å². The molecule has 1 aromatic rings.